The van der Waals surface area contributed by atoms with Gasteiger partial charge in [-0.1, -0.05) is 52.5 Å². The Hall–Kier alpha value is -1.54. The highest BCUT2D eigenvalue weighted by molar-refractivity contribution is 6.42. The molecule has 2 aliphatic heterocycles. The lowest BCUT2D eigenvalue weighted by molar-refractivity contribution is -0.129. The molecule has 6 nitrogen and oxygen atoms in total. The molecular weight excluding hydrogens is 506 g/mol. The van der Waals surface area contributed by atoms with Crippen LogP contribution in [0, 0.1) is 0 Å². The van der Waals surface area contributed by atoms with Gasteiger partial charge in [0.2, 0.25) is 5.91 Å². The van der Waals surface area contributed by atoms with Gasteiger partial charge in [-0.15, -0.1) is 0 Å². The maximum absolute atomic E-state index is 13.4. The third-order valence-corrected chi connectivity index (χ3v) is 7.61. The average Bonchev–Trinajstić information content (AvgIpc) is 3.02. The van der Waals surface area contributed by atoms with Crippen LogP contribution in [-0.2, 0) is 15.1 Å². The molecule has 4 rings (SSSR count). The predicted molar refractivity (Wildman–Crippen MR) is 134 cm³/mol. The second kappa shape index (κ2) is 9.61. The number of hydrogen-bond donors (Lipinski definition) is 2. The molecule has 1 saturated heterocycles. The summed E-state index contributed by atoms with van der Waals surface area (Å²) in [5.74, 6) is -0.738. The van der Waals surface area contributed by atoms with E-state index in [0.29, 0.717) is 32.9 Å². The van der Waals surface area contributed by atoms with Crippen LogP contribution in [-0.4, -0.2) is 61.4 Å². The molecule has 2 amide bonds. The molecule has 0 saturated carbocycles. The van der Waals surface area contributed by atoms with Crippen LogP contribution < -0.4 is 10.6 Å². The number of carbonyl (C=O) groups excluding carboxylic acids is 2. The summed E-state index contributed by atoms with van der Waals surface area (Å²) in [7, 11) is 4.14. The zero-order valence-electron chi connectivity index (χ0n) is 18.2. The summed E-state index contributed by atoms with van der Waals surface area (Å²) in [6.07, 6.45) is 1.96. The molecule has 0 aliphatic carbocycles. The molecule has 1 fully saturated rings. The van der Waals surface area contributed by atoms with Gasteiger partial charge in [0.25, 0.3) is 5.91 Å². The highest BCUT2D eigenvalue weighted by atomic mass is 35.5. The molecule has 2 aliphatic rings. The Morgan fingerprint density at radius 1 is 1.09 bits per heavy atom. The zero-order chi connectivity index (χ0) is 23.9. The van der Waals surface area contributed by atoms with E-state index in [2.05, 4.69) is 34.5 Å². The molecule has 1 unspecified atom stereocenters. The number of likely N-dealkylation sites (tertiary alicyclic amines) is 1. The Bertz CT molecular complexity index is 1100. The van der Waals surface area contributed by atoms with Gasteiger partial charge in [-0.25, -0.2) is 0 Å². The summed E-state index contributed by atoms with van der Waals surface area (Å²) in [6.45, 7) is 1.77. The molecular formula is C23H24Cl4N4O2. The number of nitrogens with one attached hydrogen (secondary N) is 2. The van der Waals surface area contributed by atoms with Crippen molar-refractivity contribution in [1.29, 1.82) is 0 Å². The average molecular weight is 530 g/mol. The zero-order valence-corrected chi connectivity index (χ0v) is 21.2. The Morgan fingerprint density at radius 3 is 2.42 bits per heavy atom. The Balaban J connectivity index is 1.68. The molecule has 0 aromatic heterocycles. The van der Waals surface area contributed by atoms with Crippen molar-refractivity contribution in [2.75, 3.05) is 39.0 Å². The maximum Gasteiger partial charge on any atom is 0.259 e. The first-order chi connectivity index (χ1) is 15.6. The lowest BCUT2D eigenvalue weighted by atomic mass is 9.83. The molecule has 2 aromatic rings. The molecule has 33 heavy (non-hydrogen) atoms. The van der Waals surface area contributed by atoms with E-state index in [1.165, 1.54) is 0 Å². The first-order valence-corrected chi connectivity index (χ1v) is 12.1. The molecule has 0 radical (unpaired) electrons. The van der Waals surface area contributed by atoms with E-state index in [-0.39, 0.29) is 22.5 Å². The van der Waals surface area contributed by atoms with E-state index in [4.69, 9.17) is 46.4 Å². The van der Waals surface area contributed by atoms with E-state index in [0.717, 1.165) is 25.9 Å². The van der Waals surface area contributed by atoms with Crippen LogP contribution in [0.2, 0.25) is 20.1 Å². The summed E-state index contributed by atoms with van der Waals surface area (Å²) in [5.41, 5.74) is -0.242. The number of halogens is 4. The number of benzene rings is 2. The monoisotopic (exact) mass is 528 g/mol. The van der Waals surface area contributed by atoms with Crippen LogP contribution in [0.4, 0.5) is 5.69 Å². The largest absolute Gasteiger partial charge is 0.333 e. The van der Waals surface area contributed by atoms with Gasteiger partial charge < -0.3 is 15.5 Å². The Labute approximate surface area is 213 Å². The molecule has 10 heteroatoms. The van der Waals surface area contributed by atoms with Crippen molar-refractivity contribution in [3.05, 3.63) is 61.5 Å². The molecule has 2 N–H and O–H groups in total. The van der Waals surface area contributed by atoms with Gasteiger partial charge in [-0.2, -0.15) is 0 Å². The maximum atomic E-state index is 13.4. The van der Waals surface area contributed by atoms with Crippen LogP contribution >= 0.6 is 46.4 Å². The molecule has 0 spiro atoms. The van der Waals surface area contributed by atoms with Gasteiger partial charge >= 0.3 is 0 Å². The molecule has 176 valence electrons. The first-order valence-electron chi connectivity index (χ1n) is 10.6. The number of fused-ring (bicyclic) bond motifs is 1. The van der Waals surface area contributed by atoms with Gasteiger partial charge in [0, 0.05) is 29.7 Å². The number of rotatable bonds is 5. The standard InChI is InChI=1S/C23H24Cl4N4O2/c1-30(2)15-5-7-31(8-6-15)12-20(32)29-23(13-3-4-16(25)17(26)9-13)21-18(27)10-14(24)11-19(21)28-22(23)33/h3-4,9-11,15H,5-8,12H2,1-2H3,(H,28,33)(H,29,32). The van der Waals surface area contributed by atoms with Crippen molar-refractivity contribution >= 4 is 63.9 Å². The third-order valence-electron chi connectivity index (χ3n) is 6.35. The highest BCUT2D eigenvalue weighted by Crippen LogP contribution is 2.47. The van der Waals surface area contributed by atoms with E-state index in [1.807, 2.05) is 0 Å². The van der Waals surface area contributed by atoms with Gasteiger partial charge in [-0.3, -0.25) is 14.5 Å². The second-order valence-corrected chi connectivity index (χ2v) is 10.3. The number of carbonyl (C=O) groups is 2. The van der Waals surface area contributed by atoms with Crippen molar-refractivity contribution in [2.45, 2.75) is 24.4 Å². The van der Waals surface area contributed by atoms with Gasteiger partial charge in [-0.05, 0) is 56.8 Å². The van der Waals surface area contributed by atoms with Gasteiger partial charge in [0.05, 0.1) is 27.3 Å². The predicted octanol–water partition coefficient (Wildman–Crippen LogP) is 4.64. The number of hydrogen-bond acceptors (Lipinski definition) is 4. The summed E-state index contributed by atoms with van der Waals surface area (Å²) in [5, 5.41) is 7.02. The minimum atomic E-state index is -1.57. The molecule has 1 atom stereocenters. The minimum Gasteiger partial charge on any atom is -0.333 e. The van der Waals surface area contributed by atoms with Crippen LogP contribution in [0.25, 0.3) is 0 Å². The van der Waals surface area contributed by atoms with E-state index in [9.17, 15) is 9.59 Å². The summed E-state index contributed by atoms with van der Waals surface area (Å²) < 4.78 is 0. The number of nitrogens with zero attached hydrogens (tertiary/aromatic N) is 2. The van der Waals surface area contributed by atoms with E-state index in [1.54, 1.807) is 30.3 Å². The third kappa shape index (κ3) is 4.70. The minimum absolute atomic E-state index is 0.164. The van der Waals surface area contributed by atoms with E-state index >= 15 is 0 Å². The lowest BCUT2D eigenvalue weighted by Crippen LogP contribution is -2.55. The fourth-order valence-electron chi connectivity index (χ4n) is 4.62. The Kier molecular flexibility index (Phi) is 7.16. The highest BCUT2D eigenvalue weighted by Gasteiger charge is 2.51. The Morgan fingerprint density at radius 2 is 1.79 bits per heavy atom. The lowest BCUT2D eigenvalue weighted by Gasteiger charge is -2.36. The van der Waals surface area contributed by atoms with Crippen LogP contribution in [0.3, 0.4) is 0 Å². The number of amides is 2. The topological polar surface area (TPSA) is 64.7 Å². The smallest absolute Gasteiger partial charge is 0.259 e. The van der Waals surface area contributed by atoms with Gasteiger partial charge in [0.1, 0.15) is 0 Å². The number of piperidine rings is 1. The number of anilines is 1. The molecule has 2 heterocycles. The SMILES string of the molecule is CN(C)C1CCN(CC(=O)NC2(c3ccc(Cl)c(Cl)c3)C(=O)Nc3cc(Cl)cc(Cl)c32)CC1. The van der Waals surface area contributed by atoms with E-state index < -0.39 is 11.4 Å². The summed E-state index contributed by atoms with van der Waals surface area (Å²) >= 11 is 25.1. The quantitative estimate of drug-likeness (QED) is 0.592. The summed E-state index contributed by atoms with van der Waals surface area (Å²) in [4.78, 5) is 31.0. The fraction of sp³-hybridized carbons (Fsp3) is 0.391. The molecule has 2 aromatic carbocycles. The van der Waals surface area contributed by atoms with Crippen molar-refractivity contribution in [1.82, 2.24) is 15.1 Å². The van der Waals surface area contributed by atoms with Crippen molar-refractivity contribution in [3.63, 3.8) is 0 Å². The second-order valence-electron chi connectivity index (χ2n) is 8.66. The normalized spacial score (nSPS) is 21.2. The van der Waals surface area contributed by atoms with Gasteiger partial charge in [0.15, 0.2) is 5.54 Å². The molecule has 0 bridgehead atoms. The summed E-state index contributed by atoms with van der Waals surface area (Å²) in [6, 6.07) is 8.49. The van der Waals surface area contributed by atoms with Crippen LogP contribution in [0.5, 0.6) is 0 Å². The fourth-order valence-corrected chi connectivity index (χ4v) is 5.56. The van der Waals surface area contributed by atoms with Crippen molar-refractivity contribution in [2.24, 2.45) is 0 Å². The van der Waals surface area contributed by atoms with Crippen molar-refractivity contribution < 1.29 is 9.59 Å². The van der Waals surface area contributed by atoms with Crippen LogP contribution in [0.1, 0.15) is 24.0 Å². The van der Waals surface area contributed by atoms with Crippen molar-refractivity contribution in [3.8, 4) is 0 Å². The first kappa shape index (κ1) is 24.6. The van der Waals surface area contributed by atoms with Crippen LogP contribution in [0.15, 0.2) is 30.3 Å².